The molecule has 0 aromatic carbocycles. The summed E-state index contributed by atoms with van der Waals surface area (Å²) < 4.78 is 0. The Morgan fingerprint density at radius 3 is 2.75 bits per heavy atom. The molecule has 0 radical (unpaired) electrons. The topological polar surface area (TPSA) is 49.4 Å². The van der Waals surface area contributed by atoms with E-state index in [0.29, 0.717) is 19.4 Å². The largest absolute Gasteiger partial charge is 0.344 e. The van der Waals surface area contributed by atoms with Gasteiger partial charge in [-0.3, -0.25) is 9.59 Å². The first-order valence-corrected chi connectivity index (χ1v) is 5.81. The number of nitrogens with one attached hydrogen (secondary N) is 1. The molecule has 2 amide bonds. The van der Waals surface area contributed by atoms with Gasteiger partial charge in [0.25, 0.3) is 0 Å². The van der Waals surface area contributed by atoms with Crippen LogP contribution in [0.3, 0.4) is 0 Å². The molecule has 1 aliphatic rings. The van der Waals surface area contributed by atoms with E-state index in [1.54, 1.807) is 4.90 Å². The van der Waals surface area contributed by atoms with E-state index in [1.165, 1.54) is 0 Å². The van der Waals surface area contributed by atoms with Gasteiger partial charge < -0.3 is 10.2 Å². The molecule has 2 unspecified atom stereocenters. The van der Waals surface area contributed by atoms with Crippen molar-refractivity contribution in [3.63, 3.8) is 0 Å². The van der Waals surface area contributed by atoms with Gasteiger partial charge in [0.2, 0.25) is 11.8 Å². The lowest BCUT2D eigenvalue weighted by Gasteiger charge is -2.27. The lowest BCUT2D eigenvalue weighted by Crippen LogP contribution is -2.46. The van der Waals surface area contributed by atoms with Crippen LogP contribution in [0.15, 0.2) is 12.2 Å². The highest BCUT2D eigenvalue weighted by atomic mass is 16.2. The van der Waals surface area contributed by atoms with Crippen molar-refractivity contribution in [1.82, 2.24) is 10.2 Å². The van der Waals surface area contributed by atoms with Crippen LogP contribution in [0.1, 0.15) is 33.6 Å². The molecule has 1 rings (SSSR count). The van der Waals surface area contributed by atoms with Gasteiger partial charge in [0.1, 0.15) is 6.04 Å². The zero-order valence-electron chi connectivity index (χ0n) is 10.2. The summed E-state index contributed by atoms with van der Waals surface area (Å²) in [6.45, 7) is 6.33. The van der Waals surface area contributed by atoms with Crippen LogP contribution in [0.25, 0.3) is 0 Å². The third-order valence-electron chi connectivity index (χ3n) is 2.88. The highest BCUT2D eigenvalue weighted by Crippen LogP contribution is 2.12. The molecule has 0 aromatic rings. The van der Waals surface area contributed by atoms with Crippen molar-refractivity contribution in [3.8, 4) is 0 Å². The number of hydrogen-bond donors (Lipinski definition) is 1. The fraction of sp³-hybridized carbons (Fsp3) is 0.667. The van der Waals surface area contributed by atoms with Crippen molar-refractivity contribution in [2.24, 2.45) is 0 Å². The first kappa shape index (κ1) is 12.7. The molecule has 1 aliphatic heterocycles. The maximum Gasteiger partial charge on any atom is 0.245 e. The number of carbonyl (C=O) groups is 2. The first-order chi connectivity index (χ1) is 7.60. The standard InChI is InChI=1S/C12H20N2O2/c1-4-6-7-14-9(3)8-11(15)13-10(5-2)12(14)16/h4,6,9-10H,5,7-8H2,1-3H3,(H,13,15)/b6-4+. The molecule has 1 N–H and O–H groups in total. The van der Waals surface area contributed by atoms with E-state index < -0.39 is 0 Å². The molecular formula is C12H20N2O2. The maximum atomic E-state index is 12.1. The fourth-order valence-corrected chi connectivity index (χ4v) is 1.88. The van der Waals surface area contributed by atoms with Crippen LogP contribution < -0.4 is 5.32 Å². The van der Waals surface area contributed by atoms with E-state index >= 15 is 0 Å². The number of rotatable bonds is 3. The van der Waals surface area contributed by atoms with Crippen molar-refractivity contribution >= 4 is 11.8 Å². The minimum absolute atomic E-state index is 0.0268. The number of allylic oxidation sites excluding steroid dienone is 1. The quantitative estimate of drug-likeness (QED) is 0.729. The van der Waals surface area contributed by atoms with Gasteiger partial charge in [0.05, 0.1) is 0 Å². The van der Waals surface area contributed by atoms with Gasteiger partial charge in [-0.15, -0.1) is 0 Å². The second-order valence-corrected chi connectivity index (χ2v) is 4.14. The maximum absolute atomic E-state index is 12.1. The predicted molar refractivity (Wildman–Crippen MR) is 62.8 cm³/mol. The monoisotopic (exact) mass is 224 g/mol. The van der Waals surface area contributed by atoms with Crippen LogP contribution in [-0.4, -0.2) is 35.3 Å². The molecule has 16 heavy (non-hydrogen) atoms. The average Bonchev–Trinajstić information content (AvgIpc) is 2.34. The highest BCUT2D eigenvalue weighted by Gasteiger charge is 2.31. The van der Waals surface area contributed by atoms with Gasteiger partial charge in [-0.05, 0) is 20.3 Å². The van der Waals surface area contributed by atoms with E-state index in [4.69, 9.17) is 0 Å². The highest BCUT2D eigenvalue weighted by molar-refractivity contribution is 5.90. The van der Waals surface area contributed by atoms with Crippen LogP contribution in [-0.2, 0) is 9.59 Å². The average molecular weight is 224 g/mol. The Hall–Kier alpha value is -1.32. The third-order valence-corrected chi connectivity index (χ3v) is 2.88. The number of hydrogen-bond acceptors (Lipinski definition) is 2. The number of amides is 2. The molecule has 1 heterocycles. The molecule has 0 bridgehead atoms. The van der Waals surface area contributed by atoms with E-state index in [-0.39, 0.29) is 23.9 Å². The Morgan fingerprint density at radius 1 is 1.50 bits per heavy atom. The van der Waals surface area contributed by atoms with Gasteiger partial charge in [0.15, 0.2) is 0 Å². The van der Waals surface area contributed by atoms with E-state index in [1.807, 2.05) is 32.9 Å². The van der Waals surface area contributed by atoms with Crippen molar-refractivity contribution in [1.29, 1.82) is 0 Å². The molecule has 0 aliphatic carbocycles. The molecule has 2 atom stereocenters. The molecule has 4 nitrogen and oxygen atoms in total. The van der Waals surface area contributed by atoms with Gasteiger partial charge in [-0.1, -0.05) is 19.1 Å². The third kappa shape index (κ3) is 2.84. The zero-order chi connectivity index (χ0) is 12.1. The molecular weight excluding hydrogens is 204 g/mol. The first-order valence-electron chi connectivity index (χ1n) is 5.81. The van der Waals surface area contributed by atoms with Gasteiger partial charge in [-0.2, -0.15) is 0 Å². The predicted octanol–water partition coefficient (Wildman–Crippen LogP) is 1.08. The van der Waals surface area contributed by atoms with E-state index in [0.717, 1.165) is 0 Å². The van der Waals surface area contributed by atoms with Crippen LogP contribution >= 0.6 is 0 Å². The number of nitrogens with zero attached hydrogens (tertiary/aromatic N) is 1. The summed E-state index contributed by atoms with van der Waals surface area (Å²) in [7, 11) is 0. The molecule has 1 saturated heterocycles. The van der Waals surface area contributed by atoms with Crippen molar-refractivity contribution in [2.75, 3.05) is 6.54 Å². The molecule has 0 saturated carbocycles. The summed E-state index contributed by atoms with van der Waals surface area (Å²) in [6, 6.07) is -0.386. The summed E-state index contributed by atoms with van der Waals surface area (Å²) in [6.07, 6.45) is 4.89. The summed E-state index contributed by atoms with van der Waals surface area (Å²) in [5.41, 5.74) is 0. The molecule has 1 fully saturated rings. The lowest BCUT2D eigenvalue weighted by molar-refractivity contribution is -0.134. The van der Waals surface area contributed by atoms with Crippen molar-refractivity contribution in [3.05, 3.63) is 12.2 Å². The number of carbonyl (C=O) groups excluding carboxylic acids is 2. The fourth-order valence-electron chi connectivity index (χ4n) is 1.88. The van der Waals surface area contributed by atoms with Gasteiger partial charge >= 0.3 is 0 Å². The van der Waals surface area contributed by atoms with Crippen molar-refractivity contribution < 1.29 is 9.59 Å². The minimum atomic E-state index is -0.359. The second-order valence-electron chi connectivity index (χ2n) is 4.14. The summed E-state index contributed by atoms with van der Waals surface area (Å²) in [5.74, 6) is -0.00497. The Bertz CT molecular complexity index is 299. The van der Waals surface area contributed by atoms with E-state index in [2.05, 4.69) is 5.32 Å². The SMILES string of the molecule is C/C=C/CN1C(=O)C(CC)NC(=O)CC1C. The smallest absolute Gasteiger partial charge is 0.245 e. The lowest BCUT2D eigenvalue weighted by atomic mass is 10.1. The van der Waals surface area contributed by atoms with Gasteiger partial charge in [-0.25, -0.2) is 0 Å². The van der Waals surface area contributed by atoms with Crippen LogP contribution in [0.5, 0.6) is 0 Å². The van der Waals surface area contributed by atoms with Gasteiger partial charge in [0, 0.05) is 19.0 Å². The molecule has 90 valence electrons. The van der Waals surface area contributed by atoms with Crippen molar-refractivity contribution in [2.45, 2.75) is 45.7 Å². The zero-order valence-corrected chi connectivity index (χ0v) is 10.2. The van der Waals surface area contributed by atoms with Crippen LogP contribution in [0.4, 0.5) is 0 Å². The Labute approximate surface area is 96.7 Å². The van der Waals surface area contributed by atoms with Crippen LogP contribution in [0, 0.1) is 0 Å². The molecule has 0 aromatic heterocycles. The minimum Gasteiger partial charge on any atom is -0.344 e. The molecule has 4 heteroatoms. The molecule has 0 spiro atoms. The Kier molecular flexibility index (Phi) is 4.52. The Balaban J connectivity index is 2.85. The second kappa shape index (κ2) is 5.68. The normalized spacial score (nSPS) is 27.1. The summed E-state index contributed by atoms with van der Waals surface area (Å²) in [5, 5.41) is 2.76. The van der Waals surface area contributed by atoms with Crippen LogP contribution in [0.2, 0.25) is 0 Å². The summed E-state index contributed by atoms with van der Waals surface area (Å²) >= 11 is 0. The Morgan fingerprint density at radius 2 is 2.19 bits per heavy atom. The van der Waals surface area contributed by atoms with E-state index in [9.17, 15) is 9.59 Å². The summed E-state index contributed by atoms with van der Waals surface area (Å²) in [4.78, 5) is 25.4.